The number of urea groups is 1. The number of hydrogen-bond acceptors (Lipinski definition) is 3. The van der Waals surface area contributed by atoms with Crippen LogP contribution in [0.15, 0.2) is 54.6 Å². The van der Waals surface area contributed by atoms with Crippen molar-refractivity contribution in [3.8, 4) is 0 Å². The quantitative estimate of drug-likeness (QED) is 0.461. The van der Waals surface area contributed by atoms with Crippen molar-refractivity contribution in [1.29, 1.82) is 0 Å². The van der Waals surface area contributed by atoms with E-state index in [-0.39, 0.29) is 30.5 Å². The van der Waals surface area contributed by atoms with Crippen molar-refractivity contribution in [1.82, 2.24) is 9.80 Å². The van der Waals surface area contributed by atoms with E-state index in [1.165, 1.54) is 49.8 Å². The molecule has 2 aliphatic heterocycles. The minimum atomic E-state index is -0.0430. The second-order valence-electron chi connectivity index (χ2n) is 10.2. The molecule has 1 atom stereocenters. The number of methoxy groups -OCH3 is 1. The fourth-order valence-electron chi connectivity index (χ4n) is 6.32. The largest absolute Gasteiger partial charge is 0.383 e. The lowest BCUT2D eigenvalue weighted by molar-refractivity contribution is 0.0917. The summed E-state index contributed by atoms with van der Waals surface area (Å²) in [5.41, 5.74) is 3.43. The number of carbonyl (C=O) groups excluding carboxylic acids is 1. The molecule has 190 valence electrons. The van der Waals surface area contributed by atoms with Crippen LogP contribution in [-0.4, -0.2) is 61.8 Å². The molecule has 5 nitrogen and oxygen atoms in total. The Balaban J connectivity index is 0.00000289. The molecule has 1 saturated carbocycles. The molecule has 0 bridgehead atoms. The molecule has 1 saturated heterocycles. The summed E-state index contributed by atoms with van der Waals surface area (Å²) in [7, 11) is 1.70. The second kappa shape index (κ2) is 12.2. The maximum atomic E-state index is 14.1. The molecule has 5 rings (SSSR count). The zero-order valence-corrected chi connectivity index (χ0v) is 21.8. The van der Waals surface area contributed by atoms with Crippen molar-refractivity contribution in [2.75, 3.05) is 44.8 Å². The van der Waals surface area contributed by atoms with Crippen LogP contribution in [0.1, 0.15) is 62.1 Å². The fraction of sp³-hybridized carbons (Fsp3) is 0.552. The molecule has 1 aliphatic carbocycles. The summed E-state index contributed by atoms with van der Waals surface area (Å²) in [5, 5.41) is 0. The minimum Gasteiger partial charge on any atom is -0.383 e. The molecular weight excluding hydrogens is 458 g/mol. The van der Waals surface area contributed by atoms with E-state index in [9.17, 15) is 4.79 Å². The van der Waals surface area contributed by atoms with Gasteiger partial charge >= 0.3 is 6.03 Å². The van der Waals surface area contributed by atoms with Gasteiger partial charge in [-0.2, -0.15) is 0 Å². The molecule has 0 aromatic heterocycles. The van der Waals surface area contributed by atoms with Gasteiger partial charge in [0.1, 0.15) is 0 Å². The molecule has 2 amide bonds. The molecule has 2 aromatic rings. The number of benzene rings is 2. The van der Waals surface area contributed by atoms with Crippen LogP contribution in [0.3, 0.4) is 0 Å². The van der Waals surface area contributed by atoms with Crippen LogP contribution in [0.4, 0.5) is 10.5 Å². The van der Waals surface area contributed by atoms with Gasteiger partial charge in [0.2, 0.25) is 0 Å². The Bertz CT molecular complexity index is 942. The molecule has 0 N–H and O–H groups in total. The van der Waals surface area contributed by atoms with E-state index in [4.69, 9.17) is 4.74 Å². The van der Waals surface area contributed by atoms with Crippen molar-refractivity contribution >= 4 is 24.1 Å². The average Bonchev–Trinajstić information content (AvgIpc) is 2.89. The van der Waals surface area contributed by atoms with Gasteiger partial charge in [0.15, 0.2) is 0 Å². The summed E-state index contributed by atoms with van der Waals surface area (Å²) >= 11 is 0. The lowest BCUT2D eigenvalue weighted by Gasteiger charge is -2.48. The number of halogens is 1. The number of rotatable bonds is 7. The lowest BCUT2D eigenvalue weighted by atomic mass is 9.87. The molecule has 2 fully saturated rings. The van der Waals surface area contributed by atoms with E-state index < -0.39 is 0 Å². The molecule has 35 heavy (non-hydrogen) atoms. The second-order valence-corrected chi connectivity index (χ2v) is 10.2. The van der Waals surface area contributed by atoms with Gasteiger partial charge in [0.05, 0.1) is 24.9 Å². The van der Waals surface area contributed by atoms with Crippen LogP contribution in [-0.2, 0) is 4.74 Å². The number of amides is 2. The van der Waals surface area contributed by atoms with Crippen LogP contribution in [0.25, 0.3) is 0 Å². The third-order valence-corrected chi connectivity index (χ3v) is 8.08. The maximum absolute atomic E-state index is 14.1. The summed E-state index contributed by atoms with van der Waals surface area (Å²) in [6.07, 6.45) is 9.09. The Labute approximate surface area is 216 Å². The highest BCUT2D eigenvalue weighted by atomic mass is 35.5. The normalized spacial score (nSPS) is 22.1. The standard InChI is InChI=1S/C29H39N3O2.ClH/c1-34-21-20-31-27-15-9-8-14-26(27)28(24-12-6-3-7-13-24)32(29(31)33)25-16-18-30(19-17-25)22-23-10-4-2-5-11-23;/h3,6-9,12-15,23,25,28H,2,4-5,10-11,16-22H2,1H3;1H. The van der Waals surface area contributed by atoms with Gasteiger partial charge in [-0.15, -0.1) is 12.4 Å². The van der Waals surface area contributed by atoms with Crippen molar-refractivity contribution < 1.29 is 9.53 Å². The van der Waals surface area contributed by atoms with E-state index in [0.29, 0.717) is 13.2 Å². The number of nitrogens with zero attached hydrogens (tertiary/aromatic N) is 3. The molecule has 2 heterocycles. The molecule has 3 aliphatic rings. The van der Waals surface area contributed by atoms with Gasteiger partial charge in [-0.3, -0.25) is 4.90 Å². The number of para-hydroxylation sites is 1. The lowest BCUT2D eigenvalue weighted by Crippen LogP contribution is -2.57. The monoisotopic (exact) mass is 497 g/mol. The topological polar surface area (TPSA) is 36.0 Å². The minimum absolute atomic E-state index is 0. The van der Waals surface area contributed by atoms with Crippen LogP contribution in [0.5, 0.6) is 0 Å². The number of carbonyl (C=O) groups is 1. The molecule has 6 heteroatoms. The van der Waals surface area contributed by atoms with Crippen LogP contribution in [0.2, 0.25) is 0 Å². The van der Waals surface area contributed by atoms with E-state index in [2.05, 4.69) is 58.3 Å². The Morgan fingerprint density at radius 1 is 0.886 bits per heavy atom. The number of fused-ring (bicyclic) bond motifs is 1. The number of anilines is 1. The number of hydrogen-bond donors (Lipinski definition) is 0. The molecule has 1 unspecified atom stereocenters. The van der Waals surface area contributed by atoms with E-state index >= 15 is 0 Å². The highest BCUT2D eigenvalue weighted by Crippen LogP contribution is 2.43. The maximum Gasteiger partial charge on any atom is 0.325 e. The molecule has 2 aromatic carbocycles. The van der Waals surface area contributed by atoms with Crippen LogP contribution >= 0.6 is 12.4 Å². The van der Waals surface area contributed by atoms with Crippen LogP contribution < -0.4 is 4.90 Å². The number of ether oxygens (including phenoxy) is 1. The number of likely N-dealkylation sites (tertiary alicyclic amines) is 1. The fourth-order valence-corrected chi connectivity index (χ4v) is 6.32. The van der Waals surface area contributed by atoms with Crippen molar-refractivity contribution in [2.45, 2.75) is 57.0 Å². The van der Waals surface area contributed by atoms with Gasteiger partial charge in [-0.25, -0.2) is 4.79 Å². The highest BCUT2D eigenvalue weighted by Gasteiger charge is 2.42. The SMILES string of the molecule is COCCN1C(=O)N(C2CCN(CC3CCCCC3)CC2)C(c2ccccc2)c2ccccc21.Cl. The first-order valence-electron chi connectivity index (χ1n) is 13.2. The van der Waals surface area contributed by atoms with Crippen molar-refractivity contribution in [3.63, 3.8) is 0 Å². The third-order valence-electron chi connectivity index (χ3n) is 8.08. The summed E-state index contributed by atoms with van der Waals surface area (Å²) in [4.78, 5) is 20.9. The summed E-state index contributed by atoms with van der Waals surface area (Å²) in [5.74, 6) is 0.871. The zero-order chi connectivity index (χ0) is 23.3. The average molecular weight is 498 g/mol. The Morgan fingerprint density at radius 2 is 1.57 bits per heavy atom. The predicted octanol–water partition coefficient (Wildman–Crippen LogP) is 6.13. The van der Waals surface area contributed by atoms with Gasteiger partial charge < -0.3 is 14.5 Å². The summed E-state index contributed by atoms with van der Waals surface area (Å²) in [6, 6.07) is 19.3. The third kappa shape index (κ3) is 5.68. The zero-order valence-electron chi connectivity index (χ0n) is 21.0. The van der Waals surface area contributed by atoms with Crippen molar-refractivity contribution in [2.24, 2.45) is 5.92 Å². The van der Waals surface area contributed by atoms with Gasteiger partial charge in [0, 0.05) is 38.3 Å². The van der Waals surface area contributed by atoms with Gasteiger partial charge in [0.25, 0.3) is 0 Å². The predicted molar refractivity (Wildman–Crippen MR) is 144 cm³/mol. The first-order valence-corrected chi connectivity index (χ1v) is 13.2. The summed E-state index contributed by atoms with van der Waals surface area (Å²) < 4.78 is 5.37. The number of piperidine rings is 1. The van der Waals surface area contributed by atoms with E-state index in [1.807, 2.05) is 11.0 Å². The Hall–Kier alpha value is -2.08. The Kier molecular flexibility index (Phi) is 9.10. The first kappa shape index (κ1) is 26.0. The molecule has 0 spiro atoms. The molecule has 0 radical (unpaired) electrons. The first-order chi connectivity index (χ1) is 16.8. The van der Waals surface area contributed by atoms with E-state index in [0.717, 1.165) is 37.5 Å². The van der Waals surface area contributed by atoms with Crippen molar-refractivity contribution in [3.05, 3.63) is 65.7 Å². The van der Waals surface area contributed by atoms with Gasteiger partial charge in [-0.05, 0) is 43.2 Å². The van der Waals surface area contributed by atoms with E-state index in [1.54, 1.807) is 7.11 Å². The molecular formula is C29H40ClN3O2. The smallest absolute Gasteiger partial charge is 0.325 e. The van der Waals surface area contributed by atoms with Crippen LogP contribution in [0, 0.1) is 5.92 Å². The van der Waals surface area contributed by atoms with Gasteiger partial charge in [-0.1, -0.05) is 67.8 Å². The summed E-state index contributed by atoms with van der Waals surface area (Å²) in [6.45, 7) is 4.53. The highest BCUT2D eigenvalue weighted by molar-refractivity contribution is 5.96. The Morgan fingerprint density at radius 3 is 2.29 bits per heavy atom.